The maximum atomic E-state index is 6.09. The highest BCUT2D eigenvalue weighted by Crippen LogP contribution is 2.46. The second-order valence-electron chi connectivity index (χ2n) is 7.37. The van der Waals surface area contributed by atoms with E-state index in [0.717, 1.165) is 18.2 Å². The molecule has 0 N–H and O–H groups in total. The molecule has 1 saturated carbocycles. The Bertz CT molecular complexity index is 447. The molecule has 2 fully saturated rings. The highest BCUT2D eigenvalue weighted by Gasteiger charge is 2.52. The molecule has 1 saturated heterocycles. The van der Waals surface area contributed by atoms with Gasteiger partial charge in [-0.15, -0.1) is 0 Å². The summed E-state index contributed by atoms with van der Waals surface area (Å²) >= 11 is 0. The summed E-state index contributed by atoms with van der Waals surface area (Å²) in [5.41, 5.74) is 1.10. The fourth-order valence-electron chi connectivity index (χ4n) is 3.26. The third-order valence-electron chi connectivity index (χ3n) is 5.33. The van der Waals surface area contributed by atoms with E-state index in [4.69, 9.17) is 9.31 Å². The van der Waals surface area contributed by atoms with E-state index in [-0.39, 0.29) is 18.3 Å². The van der Waals surface area contributed by atoms with E-state index in [1.165, 1.54) is 18.4 Å². The molecule has 0 amide bonds. The summed E-state index contributed by atoms with van der Waals surface area (Å²) in [5.74, 6) is 1.48. The van der Waals surface area contributed by atoms with Crippen molar-refractivity contribution in [1.82, 2.24) is 0 Å². The molecule has 3 heteroatoms. The van der Waals surface area contributed by atoms with Gasteiger partial charge in [0.25, 0.3) is 0 Å². The Hall–Kier alpha value is -0.795. The molecule has 0 atom stereocenters. The van der Waals surface area contributed by atoms with Crippen LogP contribution in [0, 0.1) is 5.92 Å². The maximum absolute atomic E-state index is 6.09. The third kappa shape index (κ3) is 2.54. The Balaban J connectivity index is 1.51. The van der Waals surface area contributed by atoms with Gasteiger partial charge in [-0.05, 0) is 64.3 Å². The van der Waals surface area contributed by atoms with E-state index in [1.54, 1.807) is 0 Å². The van der Waals surface area contributed by atoms with E-state index in [0.29, 0.717) is 0 Å². The smallest absolute Gasteiger partial charge is 0.403 e. The Morgan fingerprint density at radius 3 is 2.10 bits per heavy atom. The topological polar surface area (TPSA) is 18.5 Å². The predicted octanol–water partition coefficient (Wildman–Crippen LogP) is 4.27. The Kier molecular flexibility index (Phi) is 3.46. The minimum atomic E-state index is -0.194. The van der Waals surface area contributed by atoms with Crippen LogP contribution in [0.2, 0.25) is 6.32 Å². The molecule has 1 aromatic carbocycles. The summed E-state index contributed by atoms with van der Waals surface area (Å²) in [6, 6.07) is 10.9. The second-order valence-corrected chi connectivity index (χ2v) is 7.37. The lowest BCUT2D eigenvalue weighted by Gasteiger charge is -2.36. The Morgan fingerprint density at radius 2 is 1.55 bits per heavy atom. The van der Waals surface area contributed by atoms with Crippen molar-refractivity contribution in [3.8, 4) is 0 Å². The second kappa shape index (κ2) is 4.89. The first-order valence-corrected chi connectivity index (χ1v) is 7.78. The van der Waals surface area contributed by atoms with Crippen molar-refractivity contribution < 1.29 is 9.31 Å². The summed E-state index contributed by atoms with van der Waals surface area (Å²) in [5, 5.41) is 0. The lowest BCUT2D eigenvalue weighted by molar-refractivity contribution is 0.00578. The van der Waals surface area contributed by atoms with Gasteiger partial charge < -0.3 is 9.31 Å². The first kappa shape index (κ1) is 14.2. The van der Waals surface area contributed by atoms with Crippen LogP contribution in [0.1, 0.15) is 52.0 Å². The Morgan fingerprint density at radius 1 is 1.00 bits per heavy atom. The highest BCUT2D eigenvalue weighted by molar-refractivity contribution is 6.45. The van der Waals surface area contributed by atoms with Gasteiger partial charge >= 0.3 is 7.12 Å². The average molecular weight is 272 g/mol. The number of benzene rings is 1. The fourth-order valence-corrected chi connectivity index (χ4v) is 3.26. The lowest BCUT2D eigenvalue weighted by Crippen LogP contribution is -2.41. The molecule has 2 nitrogen and oxygen atoms in total. The lowest BCUT2D eigenvalue weighted by atomic mass is 9.63. The Labute approximate surface area is 123 Å². The van der Waals surface area contributed by atoms with E-state index in [1.807, 2.05) is 0 Å². The summed E-state index contributed by atoms with van der Waals surface area (Å²) in [7, 11) is -0.0262. The molecule has 0 spiro atoms. The molecular formula is C17H25BO2. The summed E-state index contributed by atoms with van der Waals surface area (Å²) in [4.78, 5) is 0. The van der Waals surface area contributed by atoms with E-state index < -0.39 is 0 Å². The molecule has 1 aromatic rings. The maximum Gasteiger partial charge on any atom is 0.458 e. The zero-order chi connectivity index (χ0) is 14.4. The van der Waals surface area contributed by atoms with E-state index >= 15 is 0 Å². The van der Waals surface area contributed by atoms with Crippen LogP contribution in [0.5, 0.6) is 0 Å². The minimum Gasteiger partial charge on any atom is -0.403 e. The van der Waals surface area contributed by atoms with Crippen LogP contribution in [0.25, 0.3) is 0 Å². The van der Waals surface area contributed by atoms with Crippen molar-refractivity contribution in [2.75, 3.05) is 0 Å². The van der Waals surface area contributed by atoms with Gasteiger partial charge in [0.15, 0.2) is 0 Å². The highest BCUT2D eigenvalue weighted by atomic mass is 16.7. The molecule has 20 heavy (non-hydrogen) atoms. The first-order chi connectivity index (χ1) is 9.37. The predicted molar refractivity (Wildman–Crippen MR) is 82.8 cm³/mol. The average Bonchev–Trinajstić information content (AvgIpc) is 2.53. The van der Waals surface area contributed by atoms with Gasteiger partial charge in [0.05, 0.1) is 11.2 Å². The number of hydrogen-bond acceptors (Lipinski definition) is 2. The van der Waals surface area contributed by atoms with Crippen molar-refractivity contribution in [2.45, 2.75) is 64.0 Å². The SMILES string of the molecule is CC1(C)OB(CC2CC(c3ccccc3)C2)OC1(C)C. The van der Waals surface area contributed by atoms with Crippen molar-refractivity contribution in [3.63, 3.8) is 0 Å². The molecule has 1 aliphatic carbocycles. The van der Waals surface area contributed by atoms with Crippen LogP contribution in [-0.2, 0) is 9.31 Å². The third-order valence-corrected chi connectivity index (χ3v) is 5.33. The zero-order valence-electron chi connectivity index (χ0n) is 13.1. The van der Waals surface area contributed by atoms with Gasteiger partial charge in [-0.2, -0.15) is 0 Å². The van der Waals surface area contributed by atoms with Crippen molar-refractivity contribution in [2.24, 2.45) is 5.92 Å². The van der Waals surface area contributed by atoms with Crippen LogP contribution in [0.3, 0.4) is 0 Å². The van der Waals surface area contributed by atoms with Gasteiger partial charge in [0.1, 0.15) is 0 Å². The monoisotopic (exact) mass is 272 g/mol. The molecule has 0 aromatic heterocycles. The number of hydrogen-bond donors (Lipinski definition) is 0. The fraction of sp³-hybridized carbons (Fsp3) is 0.647. The molecule has 0 bridgehead atoms. The molecule has 3 rings (SSSR count). The molecule has 1 heterocycles. The normalized spacial score (nSPS) is 31.1. The summed E-state index contributed by atoms with van der Waals surface area (Å²) in [6.07, 6.45) is 3.58. The van der Waals surface area contributed by atoms with Crippen LogP contribution in [0.4, 0.5) is 0 Å². The largest absolute Gasteiger partial charge is 0.458 e. The molecule has 108 valence electrons. The molecular weight excluding hydrogens is 247 g/mol. The first-order valence-electron chi connectivity index (χ1n) is 7.78. The van der Waals surface area contributed by atoms with Crippen molar-refractivity contribution in [1.29, 1.82) is 0 Å². The minimum absolute atomic E-state index is 0.0262. The quantitative estimate of drug-likeness (QED) is 0.765. The summed E-state index contributed by atoms with van der Waals surface area (Å²) < 4.78 is 12.2. The van der Waals surface area contributed by atoms with Gasteiger partial charge in [-0.3, -0.25) is 0 Å². The van der Waals surface area contributed by atoms with Gasteiger partial charge in [0, 0.05) is 0 Å². The standard InChI is InChI=1S/C17H25BO2/c1-16(2)17(3,4)20-18(19-16)12-13-10-15(11-13)14-8-6-5-7-9-14/h5-9,13,15H,10-12H2,1-4H3. The zero-order valence-corrected chi connectivity index (χ0v) is 13.1. The van der Waals surface area contributed by atoms with Gasteiger partial charge in [0.2, 0.25) is 0 Å². The number of rotatable bonds is 3. The van der Waals surface area contributed by atoms with Crippen molar-refractivity contribution in [3.05, 3.63) is 35.9 Å². The molecule has 0 unspecified atom stereocenters. The van der Waals surface area contributed by atoms with Gasteiger partial charge in [-0.25, -0.2) is 0 Å². The molecule has 1 aliphatic heterocycles. The van der Waals surface area contributed by atoms with Crippen molar-refractivity contribution >= 4 is 7.12 Å². The van der Waals surface area contributed by atoms with Crippen LogP contribution in [-0.4, -0.2) is 18.3 Å². The van der Waals surface area contributed by atoms with E-state index in [9.17, 15) is 0 Å². The van der Waals surface area contributed by atoms with Crippen LogP contribution < -0.4 is 0 Å². The molecule has 2 aliphatic rings. The molecule has 0 radical (unpaired) electrons. The van der Waals surface area contributed by atoms with Crippen LogP contribution >= 0.6 is 0 Å². The van der Waals surface area contributed by atoms with Gasteiger partial charge in [-0.1, -0.05) is 30.3 Å². The summed E-state index contributed by atoms with van der Waals surface area (Å²) in [6.45, 7) is 8.50. The van der Waals surface area contributed by atoms with E-state index in [2.05, 4.69) is 58.0 Å². The van der Waals surface area contributed by atoms with Crippen LogP contribution in [0.15, 0.2) is 30.3 Å².